The van der Waals surface area contributed by atoms with E-state index in [-0.39, 0.29) is 31.1 Å². The molecule has 41 heavy (non-hydrogen) atoms. The quantitative estimate of drug-likeness (QED) is 0.181. The Hall–Kier alpha value is -2.97. The molecule has 232 valence electrons. The Morgan fingerprint density at radius 2 is 1.59 bits per heavy atom. The number of hydrogen-bond donors (Lipinski definition) is 3. The Labute approximate surface area is 241 Å². The number of nitrogens with one attached hydrogen (secondary N) is 2. The van der Waals surface area contributed by atoms with E-state index in [0.717, 1.165) is 0 Å². The minimum atomic E-state index is -0.713. The zero-order valence-corrected chi connectivity index (χ0v) is 24.4. The minimum Gasteiger partial charge on any atom is -0.467 e. The largest absolute Gasteiger partial charge is 0.467 e. The van der Waals surface area contributed by atoms with E-state index >= 15 is 0 Å². The molecule has 2 rings (SSSR count). The normalized spacial score (nSPS) is 17.0. The predicted molar refractivity (Wildman–Crippen MR) is 147 cm³/mol. The number of carbonyl (C=O) groups is 3. The topological polar surface area (TPSA) is 160 Å². The highest BCUT2D eigenvalue weighted by Gasteiger charge is 2.30. The van der Waals surface area contributed by atoms with Gasteiger partial charge in [-0.2, -0.15) is 0 Å². The lowest BCUT2D eigenvalue weighted by Gasteiger charge is -2.29. The average Bonchev–Trinajstić information content (AvgIpc) is 2.94. The van der Waals surface area contributed by atoms with E-state index in [2.05, 4.69) is 10.6 Å². The maximum atomic E-state index is 12.9. The summed E-state index contributed by atoms with van der Waals surface area (Å²) >= 11 is 0. The van der Waals surface area contributed by atoms with Gasteiger partial charge >= 0.3 is 12.1 Å². The Morgan fingerprint density at radius 3 is 2.20 bits per heavy atom. The van der Waals surface area contributed by atoms with Gasteiger partial charge in [0.2, 0.25) is 6.29 Å². The Morgan fingerprint density at radius 1 is 0.951 bits per heavy atom. The zero-order chi connectivity index (χ0) is 30.1. The third-order valence-electron chi connectivity index (χ3n) is 5.61. The summed E-state index contributed by atoms with van der Waals surface area (Å²) in [4.78, 5) is 36.2. The molecular weight excluding hydrogens is 540 g/mol. The van der Waals surface area contributed by atoms with Gasteiger partial charge < -0.3 is 48.9 Å². The number of ether oxygens (including phenoxy) is 7. The van der Waals surface area contributed by atoms with Crippen LogP contribution in [0.15, 0.2) is 18.2 Å². The molecule has 1 heterocycles. The lowest BCUT2D eigenvalue weighted by atomic mass is 10.1. The molecule has 0 aromatic heterocycles. The molecule has 0 bridgehead atoms. The summed E-state index contributed by atoms with van der Waals surface area (Å²) in [6.45, 7) is 7.80. The minimum absolute atomic E-state index is 0.234. The van der Waals surface area contributed by atoms with Crippen LogP contribution in [0.4, 0.5) is 4.79 Å². The van der Waals surface area contributed by atoms with Crippen molar-refractivity contribution in [1.29, 1.82) is 0 Å². The lowest BCUT2D eigenvalue weighted by Crippen LogP contribution is -2.37. The molecule has 13 heteroatoms. The zero-order valence-electron chi connectivity index (χ0n) is 24.4. The molecule has 13 nitrogen and oxygen atoms in total. The maximum absolute atomic E-state index is 12.9. The molecule has 2 amide bonds. The molecule has 0 saturated carbocycles. The number of amides is 2. The smallest absolute Gasteiger partial charge is 0.407 e. The number of carbonyl (C=O) groups excluding carboxylic acids is 3. The molecule has 0 aliphatic carbocycles. The Balaban J connectivity index is 1.61. The molecule has 3 N–H and O–H groups in total. The van der Waals surface area contributed by atoms with Gasteiger partial charge in [-0.15, -0.1) is 0 Å². The molecule has 0 radical (unpaired) electrons. The second-order valence-corrected chi connectivity index (χ2v) is 10.1. The number of aliphatic hydroxyl groups is 1. The van der Waals surface area contributed by atoms with E-state index in [4.69, 9.17) is 33.2 Å². The van der Waals surface area contributed by atoms with Crippen LogP contribution in [-0.4, -0.2) is 101 Å². The van der Waals surface area contributed by atoms with Crippen LogP contribution < -0.4 is 15.4 Å². The van der Waals surface area contributed by atoms with Crippen LogP contribution in [0.5, 0.6) is 5.75 Å². The standard InChI is InChI=1S/C28H44N2O11/c1-28(2,3)41-27(34)30-11-13-37-15-17-38-16-14-36-12-10-29-25(32)21-18-20(19-31)8-9-22(21)39-24-7-5-6-23(40-24)26(33)35-4/h8-9,18,23-24,31H,5-7,10-17,19H2,1-4H3,(H,29,32)(H,30,34)/t23-,24+/m0/s1. The number of alkyl carbamates (subject to hydrolysis) is 1. The van der Waals surface area contributed by atoms with Crippen LogP contribution in [0, 0.1) is 0 Å². The van der Waals surface area contributed by atoms with E-state index in [1.165, 1.54) is 7.11 Å². The number of aliphatic hydroxyl groups excluding tert-OH is 1. The summed E-state index contributed by atoms with van der Waals surface area (Å²) in [5, 5.41) is 14.9. The van der Waals surface area contributed by atoms with Crippen molar-refractivity contribution in [2.75, 3.05) is 59.8 Å². The number of methoxy groups -OCH3 is 1. The summed E-state index contributed by atoms with van der Waals surface area (Å²) in [5.74, 6) is -0.573. The third-order valence-corrected chi connectivity index (χ3v) is 5.61. The fraction of sp³-hybridized carbons (Fsp3) is 0.679. The van der Waals surface area contributed by atoms with E-state index < -0.39 is 36.0 Å². The van der Waals surface area contributed by atoms with E-state index in [1.807, 2.05) is 0 Å². The van der Waals surface area contributed by atoms with Gasteiger partial charge in [-0.3, -0.25) is 4.79 Å². The molecule has 0 unspecified atom stereocenters. The van der Waals surface area contributed by atoms with Gasteiger partial charge in [0.05, 0.1) is 58.9 Å². The van der Waals surface area contributed by atoms with Crippen molar-refractivity contribution in [3.8, 4) is 5.75 Å². The average molecular weight is 585 g/mol. The van der Waals surface area contributed by atoms with Crippen molar-refractivity contribution in [2.24, 2.45) is 0 Å². The summed E-state index contributed by atoms with van der Waals surface area (Å²) in [6, 6.07) is 4.80. The van der Waals surface area contributed by atoms with Crippen LogP contribution >= 0.6 is 0 Å². The van der Waals surface area contributed by atoms with Crippen LogP contribution in [0.2, 0.25) is 0 Å². The van der Waals surface area contributed by atoms with Gasteiger partial charge in [0.15, 0.2) is 6.10 Å². The summed E-state index contributed by atoms with van der Waals surface area (Å²) in [7, 11) is 1.30. The first-order valence-corrected chi connectivity index (χ1v) is 13.7. The predicted octanol–water partition coefficient (Wildman–Crippen LogP) is 1.93. The number of rotatable bonds is 17. The highest BCUT2D eigenvalue weighted by molar-refractivity contribution is 5.97. The van der Waals surface area contributed by atoms with Gasteiger partial charge in [-0.1, -0.05) is 6.07 Å². The third kappa shape index (κ3) is 14.0. The monoisotopic (exact) mass is 584 g/mol. The van der Waals surface area contributed by atoms with Crippen LogP contribution in [0.3, 0.4) is 0 Å². The number of hydrogen-bond acceptors (Lipinski definition) is 11. The first kappa shape index (κ1) is 34.2. The van der Waals surface area contributed by atoms with Gasteiger partial charge in [0.1, 0.15) is 11.4 Å². The Kier molecular flexibility index (Phi) is 15.4. The van der Waals surface area contributed by atoms with Gasteiger partial charge in [-0.25, -0.2) is 9.59 Å². The summed E-state index contributed by atoms with van der Waals surface area (Å²) in [5.41, 5.74) is 0.252. The molecule has 1 aromatic rings. The van der Waals surface area contributed by atoms with Crippen molar-refractivity contribution in [1.82, 2.24) is 10.6 Å². The molecular formula is C28H44N2O11. The fourth-order valence-corrected chi connectivity index (χ4v) is 3.69. The van der Waals surface area contributed by atoms with Crippen molar-refractivity contribution in [3.63, 3.8) is 0 Å². The van der Waals surface area contributed by atoms with Crippen molar-refractivity contribution < 1.29 is 52.6 Å². The second kappa shape index (κ2) is 18.5. The Bertz CT molecular complexity index is 951. The van der Waals surface area contributed by atoms with Gasteiger partial charge in [-0.05, 0) is 51.3 Å². The van der Waals surface area contributed by atoms with Crippen LogP contribution in [-0.2, 0) is 39.8 Å². The molecule has 1 fully saturated rings. The SMILES string of the molecule is COC(=O)[C@@H]1CCC[C@H](Oc2ccc(CO)cc2C(=O)NCCOCCOCCOCCNC(=O)OC(C)(C)C)O1. The molecule has 2 atom stereocenters. The molecule has 1 aromatic carbocycles. The lowest BCUT2D eigenvalue weighted by molar-refractivity contribution is -0.183. The number of esters is 1. The highest BCUT2D eigenvalue weighted by Crippen LogP contribution is 2.27. The highest BCUT2D eigenvalue weighted by atomic mass is 16.7. The maximum Gasteiger partial charge on any atom is 0.407 e. The van der Waals surface area contributed by atoms with E-state index in [9.17, 15) is 19.5 Å². The molecule has 1 aliphatic heterocycles. The van der Waals surface area contributed by atoms with E-state index in [1.54, 1.807) is 39.0 Å². The molecule has 0 spiro atoms. The first-order chi connectivity index (χ1) is 19.6. The molecule has 1 saturated heterocycles. The molecule has 1 aliphatic rings. The number of benzene rings is 1. The first-order valence-electron chi connectivity index (χ1n) is 13.7. The van der Waals surface area contributed by atoms with E-state index in [0.29, 0.717) is 64.4 Å². The second-order valence-electron chi connectivity index (χ2n) is 10.1. The van der Waals surface area contributed by atoms with Crippen molar-refractivity contribution >= 4 is 18.0 Å². The van der Waals surface area contributed by atoms with Gasteiger partial charge in [0, 0.05) is 19.5 Å². The van der Waals surface area contributed by atoms with Gasteiger partial charge in [0.25, 0.3) is 5.91 Å². The van der Waals surface area contributed by atoms with Crippen LogP contribution in [0.1, 0.15) is 56.0 Å². The van der Waals surface area contributed by atoms with Crippen LogP contribution in [0.25, 0.3) is 0 Å². The summed E-state index contributed by atoms with van der Waals surface area (Å²) in [6.07, 6.45) is -0.0953. The summed E-state index contributed by atoms with van der Waals surface area (Å²) < 4.78 is 37.8. The van der Waals surface area contributed by atoms with Crippen molar-refractivity contribution in [2.45, 2.75) is 64.6 Å². The fourth-order valence-electron chi connectivity index (χ4n) is 3.69. The van der Waals surface area contributed by atoms with Crippen molar-refractivity contribution in [3.05, 3.63) is 29.3 Å².